The summed E-state index contributed by atoms with van der Waals surface area (Å²) in [6.07, 6.45) is 0. The summed E-state index contributed by atoms with van der Waals surface area (Å²) in [7, 11) is 1.35. The fourth-order valence-corrected chi connectivity index (χ4v) is 3.91. The van der Waals surface area contributed by atoms with Gasteiger partial charge in [0.1, 0.15) is 23.7 Å². The lowest BCUT2D eigenvalue weighted by Crippen LogP contribution is -3.15. The maximum Gasteiger partial charge on any atom is 0.341 e. The largest absolute Gasteiger partial charge is 0.465 e. The van der Waals surface area contributed by atoms with E-state index in [2.05, 4.69) is 5.32 Å². The van der Waals surface area contributed by atoms with E-state index in [1.807, 2.05) is 36.6 Å². The number of hydrogen-bond acceptors (Lipinski definition) is 5. The smallest absolute Gasteiger partial charge is 0.341 e. The normalized spacial score (nSPS) is 14.8. The van der Waals surface area contributed by atoms with Gasteiger partial charge in [-0.1, -0.05) is 29.8 Å². The molecule has 138 valence electrons. The van der Waals surface area contributed by atoms with Crippen molar-refractivity contribution in [2.75, 3.05) is 45.3 Å². The zero-order chi connectivity index (χ0) is 18.5. The maximum absolute atomic E-state index is 12.4. The molecule has 0 unspecified atom stereocenters. The average Bonchev–Trinajstić information content (AvgIpc) is 3.06. The topological polar surface area (TPSA) is 69.1 Å². The Morgan fingerprint density at radius 3 is 2.58 bits per heavy atom. The molecule has 0 saturated carbocycles. The van der Waals surface area contributed by atoms with E-state index in [9.17, 15) is 9.59 Å². The number of carbonyl (C=O) groups is 2. The van der Waals surface area contributed by atoms with Gasteiger partial charge in [0.05, 0.1) is 20.3 Å². The van der Waals surface area contributed by atoms with Gasteiger partial charge in [-0.25, -0.2) is 4.79 Å². The first kappa shape index (κ1) is 18.6. The van der Waals surface area contributed by atoms with Gasteiger partial charge in [0.25, 0.3) is 5.91 Å². The third-order valence-corrected chi connectivity index (χ3v) is 5.30. The molecule has 2 heterocycles. The fraction of sp³-hybridized carbons (Fsp3) is 0.368. The van der Waals surface area contributed by atoms with E-state index in [-0.39, 0.29) is 5.91 Å². The molecule has 2 N–H and O–H groups in total. The van der Waals surface area contributed by atoms with Gasteiger partial charge in [0, 0.05) is 10.9 Å². The number of thiophene rings is 1. The minimum Gasteiger partial charge on any atom is -0.465 e. The fourth-order valence-electron chi connectivity index (χ4n) is 2.93. The number of rotatable bonds is 5. The number of hydrogen-bond donors (Lipinski definition) is 2. The lowest BCUT2D eigenvalue weighted by molar-refractivity contribution is -0.899. The first-order valence-corrected chi connectivity index (χ1v) is 9.44. The van der Waals surface area contributed by atoms with Crippen molar-refractivity contribution in [1.29, 1.82) is 0 Å². The summed E-state index contributed by atoms with van der Waals surface area (Å²) in [5.41, 5.74) is 3.25. The van der Waals surface area contributed by atoms with E-state index in [4.69, 9.17) is 9.47 Å². The molecule has 1 saturated heterocycles. The summed E-state index contributed by atoms with van der Waals surface area (Å²) in [4.78, 5) is 25.9. The molecule has 1 fully saturated rings. The Hall–Kier alpha value is -2.22. The number of methoxy groups -OCH3 is 1. The van der Waals surface area contributed by atoms with E-state index >= 15 is 0 Å². The minimum atomic E-state index is -0.448. The number of carbonyl (C=O) groups excluding carboxylic acids is 2. The van der Waals surface area contributed by atoms with Gasteiger partial charge in [0.15, 0.2) is 6.54 Å². The maximum atomic E-state index is 12.4. The van der Waals surface area contributed by atoms with Crippen molar-refractivity contribution in [2.45, 2.75) is 6.92 Å². The van der Waals surface area contributed by atoms with E-state index in [1.165, 1.54) is 23.3 Å². The highest BCUT2D eigenvalue weighted by Crippen LogP contribution is 2.36. The second-order valence-corrected chi connectivity index (χ2v) is 7.18. The first-order valence-electron chi connectivity index (χ1n) is 8.56. The molecule has 0 bridgehead atoms. The van der Waals surface area contributed by atoms with E-state index in [0.717, 1.165) is 29.8 Å². The molecule has 0 spiro atoms. The first-order chi connectivity index (χ1) is 12.6. The number of esters is 1. The summed E-state index contributed by atoms with van der Waals surface area (Å²) in [5, 5.41) is 5.31. The van der Waals surface area contributed by atoms with Crippen molar-refractivity contribution in [3.8, 4) is 11.1 Å². The van der Waals surface area contributed by atoms with Crippen LogP contribution in [0.5, 0.6) is 0 Å². The number of anilines is 1. The van der Waals surface area contributed by atoms with Crippen LogP contribution in [0.25, 0.3) is 11.1 Å². The van der Waals surface area contributed by atoms with Crippen LogP contribution in [-0.4, -0.2) is 51.8 Å². The minimum absolute atomic E-state index is 0.107. The molecule has 0 aliphatic carbocycles. The predicted octanol–water partition coefficient (Wildman–Crippen LogP) is 1.36. The second-order valence-electron chi connectivity index (χ2n) is 6.30. The molecule has 0 radical (unpaired) electrons. The highest BCUT2D eigenvalue weighted by molar-refractivity contribution is 7.15. The Labute approximate surface area is 156 Å². The number of nitrogens with one attached hydrogen (secondary N) is 2. The molecule has 1 aliphatic heterocycles. The van der Waals surface area contributed by atoms with Crippen molar-refractivity contribution in [2.24, 2.45) is 0 Å². The molecular formula is C19H23N2O4S+. The number of ether oxygens (including phenoxy) is 2. The van der Waals surface area contributed by atoms with Crippen LogP contribution in [0.3, 0.4) is 0 Å². The van der Waals surface area contributed by atoms with E-state index in [1.54, 1.807) is 0 Å². The number of benzene rings is 1. The van der Waals surface area contributed by atoms with Crippen LogP contribution in [0.15, 0.2) is 29.6 Å². The number of quaternary nitrogens is 1. The van der Waals surface area contributed by atoms with Crippen molar-refractivity contribution in [1.82, 2.24) is 0 Å². The highest BCUT2D eigenvalue weighted by atomic mass is 32.1. The Kier molecular flexibility index (Phi) is 6.03. The summed E-state index contributed by atoms with van der Waals surface area (Å²) in [6, 6.07) is 7.92. The van der Waals surface area contributed by atoms with Crippen LogP contribution in [0.2, 0.25) is 0 Å². The Bertz CT molecular complexity index is 779. The van der Waals surface area contributed by atoms with E-state index in [0.29, 0.717) is 30.3 Å². The summed E-state index contributed by atoms with van der Waals surface area (Å²) < 4.78 is 10.3. The lowest BCUT2D eigenvalue weighted by Gasteiger charge is -2.23. The molecular weight excluding hydrogens is 352 g/mol. The van der Waals surface area contributed by atoms with Crippen LogP contribution in [0, 0.1) is 6.92 Å². The van der Waals surface area contributed by atoms with Crippen LogP contribution in [0.1, 0.15) is 15.9 Å². The van der Waals surface area contributed by atoms with Gasteiger partial charge >= 0.3 is 5.97 Å². The van der Waals surface area contributed by atoms with E-state index < -0.39 is 5.97 Å². The zero-order valence-corrected chi connectivity index (χ0v) is 15.8. The molecule has 2 aromatic rings. The summed E-state index contributed by atoms with van der Waals surface area (Å²) >= 11 is 1.34. The molecule has 1 aromatic carbocycles. The van der Waals surface area contributed by atoms with Crippen LogP contribution in [-0.2, 0) is 14.3 Å². The number of morpholine rings is 1. The van der Waals surface area contributed by atoms with Gasteiger partial charge in [0.2, 0.25) is 0 Å². The van der Waals surface area contributed by atoms with Crippen molar-refractivity contribution < 1.29 is 24.0 Å². The summed E-state index contributed by atoms with van der Waals surface area (Å²) in [5.74, 6) is -0.555. The van der Waals surface area contributed by atoms with Crippen LogP contribution in [0.4, 0.5) is 5.00 Å². The molecule has 3 rings (SSSR count). The Morgan fingerprint density at radius 1 is 1.23 bits per heavy atom. The van der Waals surface area contributed by atoms with Crippen molar-refractivity contribution >= 4 is 28.2 Å². The van der Waals surface area contributed by atoms with Gasteiger partial charge in [-0.15, -0.1) is 11.3 Å². The van der Waals surface area contributed by atoms with Crippen molar-refractivity contribution in [3.05, 3.63) is 40.8 Å². The van der Waals surface area contributed by atoms with Gasteiger partial charge in [-0.2, -0.15) is 0 Å². The summed E-state index contributed by atoms with van der Waals surface area (Å²) in [6.45, 7) is 5.35. The highest BCUT2D eigenvalue weighted by Gasteiger charge is 2.24. The molecule has 26 heavy (non-hydrogen) atoms. The SMILES string of the molecule is COC(=O)c1c(-c2ccc(C)cc2)csc1NC(=O)C[NH+]1CCOCC1. The molecule has 1 aliphatic rings. The Morgan fingerprint density at radius 2 is 1.92 bits per heavy atom. The van der Waals surface area contributed by atoms with Crippen molar-refractivity contribution in [3.63, 3.8) is 0 Å². The predicted molar refractivity (Wildman–Crippen MR) is 101 cm³/mol. The molecule has 7 heteroatoms. The van der Waals surface area contributed by atoms with Crippen LogP contribution < -0.4 is 10.2 Å². The lowest BCUT2D eigenvalue weighted by atomic mass is 10.0. The standard InChI is InChI=1S/C19H22N2O4S/c1-13-3-5-14(6-4-13)15-12-26-18(17(15)19(23)24-2)20-16(22)11-21-7-9-25-10-8-21/h3-6,12H,7-11H2,1-2H3,(H,20,22)/p+1. The molecule has 6 nitrogen and oxygen atoms in total. The third kappa shape index (κ3) is 4.30. The molecule has 1 amide bonds. The average molecular weight is 375 g/mol. The monoisotopic (exact) mass is 375 g/mol. The van der Waals surface area contributed by atoms with Gasteiger partial charge in [-0.3, -0.25) is 4.79 Å². The van der Waals surface area contributed by atoms with Gasteiger partial charge < -0.3 is 19.7 Å². The third-order valence-electron chi connectivity index (χ3n) is 4.41. The van der Waals surface area contributed by atoms with Gasteiger partial charge in [-0.05, 0) is 12.5 Å². The number of amides is 1. The molecule has 1 aromatic heterocycles. The van der Waals surface area contributed by atoms with Crippen LogP contribution >= 0.6 is 11.3 Å². The zero-order valence-electron chi connectivity index (χ0n) is 15.0. The second kappa shape index (κ2) is 8.44. The quantitative estimate of drug-likeness (QED) is 0.775. The molecule has 0 atom stereocenters. The Balaban J connectivity index is 1.81. The number of aryl methyl sites for hydroxylation is 1.